The summed E-state index contributed by atoms with van der Waals surface area (Å²) in [7, 11) is 0. The number of rotatable bonds is 6. The Labute approximate surface area is 126 Å². The Bertz CT molecular complexity index is 498. The highest BCUT2D eigenvalue weighted by atomic mass is 19.4. The van der Waals surface area contributed by atoms with Gasteiger partial charge in [-0.3, -0.25) is 4.68 Å². The third kappa shape index (κ3) is 7.30. The van der Waals surface area contributed by atoms with Gasteiger partial charge >= 0.3 is 12.2 Å². The maximum atomic E-state index is 12.2. The molecule has 0 spiro atoms. The van der Waals surface area contributed by atoms with E-state index in [4.69, 9.17) is 0 Å². The Morgan fingerprint density at radius 1 is 1.45 bits per heavy atom. The van der Waals surface area contributed by atoms with Gasteiger partial charge in [0.15, 0.2) is 0 Å². The predicted octanol–water partition coefficient (Wildman–Crippen LogP) is 2.36. The lowest BCUT2D eigenvalue weighted by atomic mass is 9.87. The number of aliphatic hydroxyl groups excluding tert-OH is 1. The van der Waals surface area contributed by atoms with Crippen LogP contribution in [0, 0.1) is 5.41 Å². The van der Waals surface area contributed by atoms with Crippen molar-refractivity contribution in [3.8, 4) is 0 Å². The monoisotopic (exact) mass is 322 g/mol. The number of nitrogens with one attached hydrogen (secondary N) is 2. The van der Waals surface area contributed by atoms with Crippen molar-refractivity contribution in [2.24, 2.45) is 5.41 Å². The van der Waals surface area contributed by atoms with E-state index in [0.717, 1.165) is 12.4 Å². The number of nitrogens with zero attached hydrogens (tertiary/aromatic N) is 2. The molecule has 1 atom stereocenters. The Kier molecular flexibility index (Phi) is 5.81. The Morgan fingerprint density at radius 2 is 2.09 bits per heavy atom. The number of aromatic nitrogens is 2. The van der Waals surface area contributed by atoms with E-state index in [9.17, 15) is 23.1 Å². The molecule has 126 valence electrons. The highest BCUT2D eigenvalue weighted by Crippen LogP contribution is 2.21. The van der Waals surface area contributed by atoms with Crippen LogP contribution in [0.3, 0.4) is 0 Å². The van der Waals surface area contributed by atoms with E-state index < -0.39 is 24.9 Å². The summed E-state index contributed by atoms with van der Waals surface area (Å²) >= 11 is 0. The maximum absolute atomic E-state index is 12.2. The summed E-state index contributed by atoms with van der Waals surface area (Å²) in [6.45, 7) is 4.55. The molecule has 6 nitrogen and oxygen atoms in total. The third-order valence-corrected chi connectivity index (χ3v) is 2.81. The van der Waals surface area contributed by atoms with Crippen LogP contribution in [-0.4, -0.2) is 39.7 Å². The van der Waals surface area contributed by atoms with Gasteiger partial charge in [0.2, 0.25) is 0 Å². The minimum atomic E-state index is -4.36. The van der Waals surface area contributed by atoms with Crippen LogP contribution in [0.5, 0.6) is 0 Å². The molecule has 0 aliphatic rings. The van der Waals surface area contributed by atoms with Gasteiger partial charge in [0.05, 0.1) is 18.0 Å². The largest absolute Gasteiger partial charge is 0.408 e. The lowest BCUT2D eigenvalue weighted by Gasteiger charge is -2.26. The number of amides is 2. The first-order valence-electron chi connectivity index (χ1n) is 6.79. The molecule has 1 heterocycles. The summed E-state index contributed by atoms with van der Waals surface area (Å²) in [6.07, 6.45) is -2.09. The zero-order valence-electron chi connectivity index (χ0n) is 12.7. The van der Waals surface area contributed by atoms with E-state index >= 15 is 0 Å². The summed E-state index contributed by atoms with van der Waals surface area (Å²) in [5.41, 5.74) is -0.124. The van der Waals surface area contributed by atoms with Crippen LogP contribution in [0.2, 0.25) is 0 Å². The molecular formula is C13H21F3N4O2. The molecule has 1 aromatic heterocycles. The number of alkyl halides is 3. The molecule has 0 bridgehead atoms. The van der Waals surface area contributed by atoms with Crippen molar-refractivity contribution in [2.45, 2.75) is 46.0 Å². The molecule has 1 unspecified atom stereocenters. The zero-order chi connectivity index (χ0) is 17.0. The standard InChI is InChI=1S/C13H21F3N4O2/c1-9(21)4-12(2,3)7-17-11(22)19-10-5-18-20(6-10)8-13(14,15)16/h5-6,9,21H,4,7-8H2,1-3H3,(H2,17,19,22). The number of urea groups is 1. The van der Waals surface area contributed by atoms with E-state index in [2.05, 4.69) is 15.7 Å². The van der Waals surface area contributed by atoms with Gasteiger partial charge in [-0.1, -0.05) is 13.8 Å². The number of aliphatic hydroxyl groups is 1. The van der Waals surface area contributed by atoms with Gasteiger partial charge < -0.3 is 15.7 Å². The normalized spacial score (nSPS) is 13.8. The lowest BCUT2D eigenvalue weighted by Crippen LogP contribution is -2.38. The van der Waals surface area contributed by atoms with Gasteiger partial charge in [0, 0.05) is 12.7 Å². The molecule has 0 aromatic carbocycles. The summed E-state index contributed by atoms with van der Waals surface area (Å²) < 4.78 is 37.3. The minimum absolute atomic E-state index is 0.176. The third-order valence-electron chi connectivity index (χ3n) is 2.81. The van der Waals surface area contributed by atoms with Crippen LogP contribution in [0.15, 0.2) is 12.4 Å². The number of hydrogen-bond donors (Lipinski definition) is 3. The topological polar surface area (TPSA) is 79.2 Å². The van der Waals surface area contributed by atoms with E-state index in [0.29, 0.717) is 17.6 Å². The fraction of sp³-hybridized carbons (Fsp3) is 0.692. The number of halogens is 3. The Hall–Kier alpha value is -1.77. The van der Waals surface area contributed by atoms with Gasteiger partial charge in [-0.2, -0.15) is 18.3 Å². The average Bonchev–Trinajstić information content (AvgIpc) is 2.69. The fourth-order valence-corrected chi connectivity index (χ4v) is 2.07. The Morgan fingerprint density at radius 3 is 2.64 bits per heavy atom. The van der Waals surface area contributed by atoms with Gasteiger partial charge in [-0.05, 0) is 18.8 Å². The van der Waals surface area contributed by atoms with Crippen molar-refractivity contribution in [3.63, 3.8) is 0 Å². The van der Waals surface area contributed by atoms with Crippen LogP contribution in [0.4, 0.5) is 23.7 Å². The molecule has 0 aliphatic heterocycles. The van der Waals surface area contributed by atoms with E-state index in [1.807, 2.05) is 13.8 Å². The molecule has 22 heavy (non-hydrogen) atoms. The molecule has 2 amide bonds. The molecule has 3 N–H and O–H groups in total. The van der Waals surface area contributed by atoms with Gasteiger partial charge in [0.25, 0.3) is 0 Å². The summed E-state index contributed by atoms with van der Waals surface area (Å²) in [5.74, 6) is 0. The molecule has 1 rings (SSSR count). The van der Waals surface area contributed by atoms with E-state index in [1.54, 1.807) is 6.92 Å². The van der Waals surface area contributed by atoms with Crippen LogP contribution in [-0.2, 0) is 6.54 Å². The Balaban J connectivity index is 2.46. The first-order valence-corrected chi connectivity index (χ1v) is 6.79. The molecule has 1 aromatic rings. The number of hydrogen-bond acceptors (Lipinski definition) is 3. The van der Waals surface area contributed by atoms with E-state index in [1.165, 1.54) is 0 Å². The van der Waals surface area contributed by atoms with Crippen molar-refractivity contribution in [3.05, 3.63) is 12.4 Å². The van der Waals surface area contributed by atoms with Crippen molar-refractivity contribution < 1.29 is 23.1 Å². The quantitative estimate of drug-likeness (QED) is 0.752. The van der Waals surface area contributed by atoms with Crippen molar-refractivity contribution >= 4 is 11.7 Å². The highest BCUT2D eigenvalue weighted by molar-refractivity contribution is 5.88. The lowest BCUT2D eigenvalue weighted by molar-refractivity contribution is -0.142. The van der Waals surface area contributed by atoms with Gasteiger partial charge in [0.1, 0.15) is 6.54 Å². The molecule has 0 aliphatic carbocycles. The maximum Gasteiger partial charge on any atom is 0.408 e. The van der Waals surface area contributed by atoms with Crippen molar-refractivity contribution in [1.29, 1.82) is 0 Å². The minimum Gasteiger partial charge on any atom is -0.393 e. The zero-order valence-corrected chi connectivity index (χ0v) is 12.7. The van der Waals surface area contributed by atoms with Crippen molar-refractivity contribution in [2.75, 3.05) is 11.9 Å². The second kappa shape index (κ2) is 6.99. The summed E-state index contributed by atoms with van der Waals surface area (Å²) in [5, 5.41) is 17.9. The number of carbonyl (C=O) groups is 1. The molecule has 0 saturated carbocycles. The molecule has 0 saturated heterocycles. The molecule has 0 fully saturated rings. The molecular weight excluding hydrogens is 301 g/mol. The van der Waals surface area contributed by atoms with Crippen LogP contribution in [0.25, 0.3) is 0 Å². The number of anilines is 1. The predicted molar refractivity (Wildman–Crippen MR) is 75.4 cm³/mol. The molecule has 9 heteroatoms. The highest BCUT2D eigenvalue weighted by Gasteiger charge is 2.28. The number of carbonyl (C=O) groups excluding carboxylic acids is 1. The molecule has 0 radical (unpaired) electrons. The summed E-state index contributed by atoms with van der Waals surface area (Å²) in [6, 6.07) is -0.537. The summed E-state index contributed by atoms with van der Waals surface area (Å²) in [4.78, 5) is 11.7. The first-order chi connectivity index (χ1) is 9.97. The first kappa shape index (κ1) is 18.3. The van der Waals surface area contributed by atoms with Crippen molar-refractivity contribution in [1.82, 2.24) is 15.1 Å². The van der Waals surface area contributed by atoms with Gasteiger partial charge in [-0.15, -0.1) is 0 Å². The smallest absolute Gasteiger partial charge is 0.393 e. The fourth-order valence-electron chi connectivity index (χ4n) is 2.07. The van der Waals surface area contributed by atoms with Crippen LogP contribution >= 0.6 is 0 Å². The van der Waals surface area contributed by atoms with E-state index in [-0.39, 0.29) is 11.1 Å². The average molecular weight is 322 g/mol. The van der Waals surface area contributed by atoms with Gasteiger partial charge in [-0.25, -0.2) is 4.79 Å². The van der Waals surface area contributed by atoms with Crippen LogP contribution < -0.4 is 10.6 Å². The second-order valence-corrected chi connectivity index (χ2v) is 6.07. The second-order valence-electron chi connectivity index (χ2n) is 6.07. The van der Waals surface area contributed by atoms with Crippen LogP contribution in [0.1, 0.15) is 27.2 Å². The SMILES string of the molecule is CC(O)CC(C)(C)CNC(=O)Nc1cnn(CC(F)(F)F)c1.